The lowest BCUT2D eigenvalue weighted by Gasteiger charge is -2.30. The first-order chi connectivity index (χ1) is 10.2. The lowest BCUT2D eigenvalue weighted by Crippen LogP contribution is -2.44. The molecule has 5 heteroatoms. The number of hydrogen-bond donors (Lipinski definition) is 1. The molecule has 3 fully saturated rings. The van der Waals surface area contributed by atoms with E-state index in [-0.39, 0.29) is 18.1 Å². The highest BCUT2D eigenvalue weighted by molar-refractivity contribution is 5.94. The molecule has 0 aromatic rings. The van der Waals surface area contributed by atoms with Crippen molar-refractivity contribution in [3.8, 4) is 0 Å². The Bertz CT molecular complexity index is 386. The number of hydrogen-bond acceptors (Lipinski definition) is 4. The molecule has 3 heterocycles. The minimum absolute atomic E-state index is 0.164. The molecule has 5 nitrogen and oxygen atoms in total. The van der Waals surface area contributed by atoms with Gasteiger partial charge in [-0.1, -0.05) is 0 Å². The van der Waals surface area contributed by atoms with E-state index in [1.807, 2.05) is 11.8 Å². The third kappa shape index (κ3) is 3.65. The zero-order chi connectivity index (χ0) is 14.7. The summed E-state index contributed by atoms with van der Waals surface area (Å²) in [4.78, 5) is 14.7. The summed E-state index contributed by atoms with van der Waals surface area (Å²) >= 11 is 0. The number of ether oxygens (including phenoxy) is 2. The number of carbonyl (C=O) groups is 1. The Kier molecular flexibility index (Phi) is 4.93. The van der Waals surface area contributed by atoms with E-state index in [1.165, 1.54) is 5.57 Å². The van der Waals surface area contributed by atoms with Gasteiger partial charge < -0.3 is 19.7 Å². The van der Waals surface area contributed by atoms with Gasteiger partial charge in [-0.3, -0.25) is 4.79 Å². The van der Waals surface area contributed by atoms with Crippen LogP contribution in [-0.4, -0.2) is 62.4 Å². The summed E-state index contributed by atoms with van der Waals surface area (Å²) in [7, 11) is 0. The van der Waals surface area contributed by atoms with Crippen LogP contribution in [0.15, 0.2) is 11.1 Å². The van der Waals surface area contributed by atoms with Gasteiger partial charge >= 0.3 is 0 Å². The van der Waals surface area contributed by atoms with Crippen LogP contribution >= 0.6 is 0 Å². The van der Waals surface area contributed by atoms with Gasteiger partial charge in [0, 0.05) is 45.0 Å². The van der Waals surface area contributed by atoms with E-state index in [2.05, 4.69) is 5.32 Å². The second-order valence-corrected chi connectivity index (χ2v) is 6.31. The standard InChI is InChI=1S/C16H26N2O3/c1-12(13-8-17-9-13)16(19)18(10-14-4-2-6-20-14)11-15-5-3-7-21-15/h14-15,17H,2-11H2,1H3. The molecule has 0 bridgehead atoms. The van der Waals surface area contributed by atoms with Gasteiger partial charge in [0.15, 0.2) is 0 Å². The number of rotatable bonds is 5. The average Bonchev–Trinajstić information content (AvgIpc) is 3.08. The number of nitrogens with zero attached hydrogens (tertiary/aromatic N) is 1. The predicted molar refractivity (Wildman–Crippen MR) is 80.1 cm³/mol. The van der Waals surface area contributed by atoms with Crippen LogP contribution in [0.25, 0.3) is 0 Å². The number of nitrogens with one attached hydrogen (secondary N) is 1. The van der Waals surface area contributed by atoms with E-state index in [1.54, 1.807) is 0 Å². The maximum absolute atomic E-state index is 12.8. The SMILES string of the molecule is CC(C(=O)N(CC1CCCO1)CC1CCCO1)=C1CNC1. The summed E-state index contributed by atoms with van der Waals surface area (Å²) in [5.74, 6) is 0.164. The quantitative estimate of drug-likeness (QED) is 0.771. The summed E-state index contributed by atoms with van der Waals surface area (Å²) in [6.45, 7) is 6.73. The minimum Gasteiger partial charge on any atom is -0.376 e. The van der Waals surface area contributed by atoms with Gasteiger partial charge in [0.1, 0.15) is 0 Å². The third-order valence-corrected chi connectivity index (χ3v) is 4.71. The lowest BCUT2D eigenvalue weighted by atomic mass is 10.0. The van der Waals surface area contributed by atoms with Crippen molar-refractivity contribution in [2.24, 2.45) is 0 Å². The highest BCUT2D eigenvalue weighted by atomic mass is 16.5. The molecule has 1 N–H and O–H groups in total. The summed E-state index contributed by atoms with van der Waals surface area (Å²) in [5, 5.41) is 3.20. The van der Waals surface area contributed by atoms with Gasteiger partial charge in [-0.25, -0.2) is 0 Å². The van der Waals surface area contributed by atoms with E-state index in [0.717, 1.165) is 57.6 Å². The molecule has 1 amide bonds. The van der Waals surface area contributed by atoms with E-state index in [0.29, 0.717) is 13.1 Å². The lowest BCUT2D eigenvalue weighted by molar-refractivity contribution is -0.130. The molecule has 0 radical (unpaired) electrons. The summed E-state index contributed by atoms with van der Waals surface area (Å²) < 4.78 is 11.4. The maximum Gasteiger partial charge on any atom is 0.249 e. The Balaban J connectivity index is 1.65. The van der Waals surface area contributed by atoms with Crippen molar-refractivity contribution >= 4 is 5.91 Å². The van der Waals surface area contributed by atoms with Crippen LogP contribution in [0.1, 0.15) is 32.6 Å². The maximum atomic E-state index is 12.8. The molecule has 0 saturated carbocycles. The van der Waals surface area contributed by atoms with Crippen LogP contribution in [-0.2, 0) is 14.3 Å². The van der Waals surface area contributed by atoms with E-state index < -0.39 is 0 Å². The highest BCUT2D eigenvalue weighted by Crippen LogP contribution is 2.20. The first-order valence-electron chi connectivity index (χ1n) is 8.16. The van der Waals surface area contributed by atoms with Crippen LogP contribution in [0, 0.1) is 0 Å². The second-order valence-electron chi connectivity index (χ2n) is 6.31. The highest BCUT2D eigenvalue weighted by Gasteiger charge is 2.28. The van der Waals surface area contributed by atoms with Gasteiger partial charge in [-0.2, -0.15) is 0 Å². The molecule has 0 aliphatic carbocycles. The zero-order valence-electron chi connectivity index (χ0n) is 12.9. The van der Waals surface area contributed by atoms with Crippen molar-refractivity contribution in [2.45, 2.75) is 44.8 Å². The Morgan fingerprint density at radius 1 is 1.14 bits per heavy atom. The van der Waals surface area contributed by atoms with Crippen LogP contribution in [0.2, 0.25) is 0 Å². The molecule has 3 aliphatic heterocycles. The molecule has 118 valence electrons. The topological polar surface area (TPSA) is 50.8 Å². The summed E-state index contributed by atoms with van der Waals surface area (Å²) in [6.07, 6.45) is 4.74. The van der Waals surface area contributed by atoms with Gasteiger partial charge in [0.2, 0.25) is 5.91 Å². The van der Waals surface area contributed by atoms with Gasteiger partial charge in [-0.15, -0.1) is 0 Å². The first kappa shape index (κ1) is 15.0. The molecule has 3 aliphatic rings. The van der Waals surface area contributed by atoms with Crippen LogP contribution in [0.4, 0.5) is 0 Å². The Morgan fingerprint density at radius 3 is 2.10 bits per heavy atom. The fourth-order valence-corrected chi connectivity index (χ4v) is 3.21. The normalized spacial score (nSPS) is 28.5. The number of amides is 1. The molecular formula is C16H26N2O3. The van der Waals surface area contributed by atoms with Gasteiger partial charge in [-0.05, 0) is 38.2 Å². The smallest absolute Gasteiger partial charge is 0.249 e. The molecule has 2 atom stereocenters. The van der Waals surface area contributed by atoms with Crippen molar-refractivity contribution in [3.63, 3.8) is 0 Å². The molecular weight excluding hydrogens is 268 g/mol. The van der Waals surface area contributed by atoms with Crippen LogP contribution in [0.3, 0.4) is 0 Å². The molecule has 21 heavy (non-hydrogen) atoms. The van der Waals surface area contributed by atoms with Crippen molar-refractivity contribution in [1.82, 2.24) is 10.2 Å². The fourth-order valence-electron chi connectivity index (χ4n) is 3.21. The molecule has 3 saturated heterocycles. The largest absolute Gasteiger partial charge is 0.376 e. The van der Waals surface area contributed by atoms with Gasteiger partial charge in [0.25, 0.3) is 0 Å². The monoisotopic (exact) mass is 294 g/mol. The summed E-state index contributed by atoms with van der Waals surface area (Å²) in [5.41, 5.74) is 2.15. The Labute approximate surface area is 126 Å². The third-order valence-electron chi connectivity index (χ3n) is 4.71. The molecule has 0 spiro atoms. The number of carbonyl (C=O) groups excluding carboxylic acids is 1. The van der Waals surface area contributed by atoms with Gasteiger partial charge in [0.05, 0.1) is 12.2 Å². The first-order valence-corrected chi connectivity index (χ1v) is 8.16. The molecule has 2 unspecified atom stereocenters. The Hall–Kier alpha value is -0.910. The second kappa shape index (κ2) is 6.90. The molecule has 0 aromatic carbocycles. The minimum atomic E-state index is 0.164. The van der Waals surface area contributed by atoms with Crippen molar-refractivity contribution in [2.75, 3.05) is 39.4 Å². The molecule has 3 rings (SSSR count). The van der Waals surface area contributed by atoms with Crippen molar-refractivity contribution < 1.29 is 14.3 Å². The Morgan fingerprint density at radius 2 is 1.71 bits per heavy atom. The average molecular weight is 294 g/mol. The van der Waals surface area contributed by atoms with Crippen LogP contribution < -0.4 is 5.32 Å². The van der Waals surface area contributed by atoms with Crippen LogP contribution in [0.5, 0.6) is 0 Å². The predicted octanol–water partition coefficient (Wildman–Crippen LogP) is 1.09. The van der Waals surface area contributed by atoms with E-state index >= 15 is 0 Å². The zero-order valence-corrected chi connectivity index (χ0v) is 12.9. The molecule has 0 aromatic heterocycles. The van der Waals surface area contributed by atoms with Crippen molar-refractivity contribution in [3.05, 3.63) is 11.1 Å². The van der Waals surface area contributed by atoms with E-state index in [9.17, 15) is 4.79 Å². The van der Waals surface area contributed by atoms with E-state index in [4.69, 9.17) is 9.47 Å². The fraction of sp³-hybridized carbons (Fsp3) is 0.812. The van der Waals surface area contributed by atoms with Crippen molar-refractivity contribution in [1.29, 1.82) is 0 Å². The summed E-state index contributed by atoms with van der Waals surface area (Å²) in [6, 6.07) is 0.